The van der Waals surface area contributed by atoms with E-state index < -0.39 is 0 Å². The highest BCUT2D eigenvalue weighted by atomic mass is 14.3. The van der Waals surface area contributed by atoms with Crippen LogP contribution in [0.25, 0.3) is 0 Å². The molecule has 0 aliphatic heterocycles. The Kier molecular flexibility index (Phi) is 10.5. The van der Waals surface area contributed by atoms with Gasteiger partial charge in [0.05, 0.1) is 0 Å². The molecule has 0 aliphatic carbocycles. The lowest BCUT2D eigenvalue weighted by Gasteiger charge is -2.30. The molecule has 0 spiro atoms. The first kappa shape index (κ1) is 17.7. The van der Waals surface area contributed by atoms with E-state index in [1.807, 2.05) is 0 Å². The van der Waals surface area contributed by atoms with Gasteiger partial charge in [0.2, 0.25) is 0 Å². The Bertz CT molecular complexity index is 202. The van der Waals surface area contributed by atoms with Crippen molar-refractivity contribution in [3.05, 3.63) is 12.2 Å². The Balaban J connectivity index is 4.51. The van der Waals surface area contributed by atoms with E-state index in [0.717, 1.165) is 23.7 Å². The summed E-state index contributed by atoms with van der Waals surface area (Å²) >= 11 is 0. The highest BCUT2D eigenvalue weighted by molar-refractivity contribution is 4.83. The van der Waals surface area contributed by atoms with Gasteiger partial charge in [0, 0.05) is 0 Å². The van der Waals surface area contributed by atoms with E-state index in [9.17, 15) is 0 Å². The molecule has 0 heterocycles. The van der Waals surface area contributed by atoms with Gasteiger partial charge in [0.1, 0.15) is 0 Å². The van der Waals surface area contributed by atoms with Crippen LogP contribution in [-0.4, -0.2) is 0 Å². The zero-order valence-corrected chi connectivity index (χ0v) is 13.7. The molecule has 0 aliphatic rings. The number of rotatable bonds is 10. The van der Waals surface area contributed by atoms with Gasteiger partial charge < -0.3 is 0 Å². The second-order valence-corrected chi connectivity index (χ2v) is 6.17. The molecule has 18 heavy (non-hydrogen) atoms. The first-order valence-corrected chi connectivity index (χ1v) is 8.21. The topological polar surface area (TPSA) is 0 Å². The van der Waals surface area contributed by atoms with E-state index in [1.165, 1.54) is 38.5 Å². The third-order valence-corrected chi connectivity index (χ3v) is 4.60. The monoisotopic (exact) mass is 252 g/mol. The fourth-order valence-electron chi connectivity index (χ4n) is 3.18. The highest BCUT2D eigenvalue weighted by Crippen LogP contribution is 2.33. The minimum atomic E-state index is 0.846. The van der Waals surface area contributed by atoms with Gasteiger partial charge >= 0.3 is 0 Å². The van der Waals surface area contributed by atoms with E-state index in [-0.39, 0.29) is 0 Å². The molecule has 0 saturated carbocycles. The summed E-state index contributed by atoms with van der Waals surface area (Å²) < 4.78 is 0. The van der Waals surface area contributed by atoms with Crippen LogP contribution < -0.4 is 0 Å². The van der Waals surface area contributed by atoms with Gasteiger partial charge in [0.25, 0.3) is 0 Å². The molecule has 0 bridgehead atoms. The van der Waals surface area contributed by atoms with Crippen LogP contribution in [0, 0.1) is 23.7 Å². The Labute approximate surface area is 116 Å². The molecule has 0 rings (SSSR count). The van der Waals surface area contributed by atoms with Crippen LogP contribution in [0.3, 0.4) is 0 Å². The summed E-state index contributed by atoms with van der Waals surface area (Å²) in [5.74, 6) is 3.59. The van der Waals surface area contributed by atoms with Gasteiger partial charge in [-0.15, -0.1) is 0 Å². The second-order valence-electron chi connectivity index (χ2n) is 6.17. The summed E-state index contributed by atoms with van der Waals surface area (Å²) in [4.78, 5) is 0. The lowest BCUT2D eigenvalue weighted by atomic mass is 9.75. The third kappa shape index (κ3) is 6.61. The van der Waals surface area contributed by atoms with Gasteiger partial charge in [0.15, 0.2) is 0 Å². The van der Waals surface area contributed by atoms with Crippen LogP contribution >= 0.6 is 0 Å². The van der Waals surface area contributed by atoms with Crippen LogP contribution in [-0.2, 0) is 0 Å². The Hall–Kier alpha value is -0.260. The maximum absolute atomic E-state index is 2.40. The third-order valence-electron chi connectivity index (χ3n) is 4.60. The summed E-state index contributed by atoms with van der Waals surface area (Å²) in [5.41, 5.74) is 0. The first-order chi connectivity index (χ1) is 8.60. The van der Waals surface area contributed by atoms with Crippen LogP contribution in [0.4, 0.5) is 0 Å². The predicted molar refractivity (Wildman–Crippen MR) is 84.8 cm³/mol. The van der Waals surface area contributed by atoms with Crippen LogP contribution in [0.15, 0.2) is 12.2 Å². The smallest absolute Gasteiger partial charge is 0.0320 e. The van der Waals surface area contributed by atoms with Crippen molar-refractivity contribution in [1.29, 1.82) is 0 Å². The molecule has 0 N–H and O–H groups in total. The normalized spacial score (nSPS) is 17.3. The van der Waals surface area contributed by atoms with Crippen LogP contribution in [0.1, 0.15) is 80.1 Å². The molecule has 0 heteroatoms. The molecule has 0 nitrogen and oxygen atoms in total. The largest absolute Gasteiger partial charge is 0.0917 e. The zero-order valence-electron chi connectivity index (χ0n) is 13.7. The van der Waals surface area contributed by atoms with Crippen LogP contribution in [0.2, 0.25) is 0 Å². The Morgan fingerprint density at radius 2 is 1.50 bits per heavy atom. The molecule has 3 unspecified atom stereocenters. The maximum atomic E-state index is 2.40. The lowest BCUT2D eigenvalue weighted by Crippen LogP contribution is -2.20. The minimum Gasteiger partial charge on any atom is -0.0917 e. The lowest BCUT2D eigenvalue weighted by molar-refractivity contribution is 0.211. The SMILES string of the molecule is CC=CCC(CC)C(CC)CC(CCC)C(C)C. The van der Waals surface area contributed by atoms with Gasteiger partial charge in [-0.1, -0.05) is 72.5 Å². The molecule has 0 aromatic rings. The average Bonchev–Trinajstić information content (AvgIpc) is 2.36. The van der Waals surface area contributed by atoms with Gasteiger partial charge in [-0.3, -0.25) is 0 Å². The van der Waals surface area contributed by atoms with Gasteiger partial charge in [-0.2, -0.15) is 0 Å². The molecule has 3 atom stereocenters. The number of hydrogen-bond donors (Lipinski definition) is 0. The molecule has 0 amide bonds. The molecular weight excluding hydrogens is 216 g/mol. The molecule has 0 aromatic carbocycles. The summed E-state index contributed by atoms with van der Waals surface area (Å²) in [6, 6.07) is 0. The second kappa shape index (κ2) is 10.6. The molecule has 108 valence electrons. The summed E-state index contributed by atoms with van der Waals surface area (Å²) in [6.07, 6.45) is 12.7. The van der Waals surface area contributed by atoms with Crippen molar-refractivity contribution in [1.82, 2.24) is 0 Å². The zero-order chi connectivity index (χ0) is 14.0. The van der Waals surface area contributed by atoms with E-state index in [0.29, 0.717) is 0 Å². The molecule has 0 fully saturated rings. The Morgan fingerprint density at radius 1 is 0.889 bits per heavy atom. The van der Waals surface area contributed by atoms with Gasteiger partial charge in [-0.25, -0.2) is 0 Å². The predicted octanol–water partition coefficient (Wildman–Crippen LogP) is 6.47. The fraction of sp³-hybridized carbons (Fsp3) is 0.889. The van der Waals surface area contributed by atoms with Crippen molar-refractivity contribution in [2.24, 2.45) is 23.7 Å². The summed E-state index contributed by atoms with van der Waals surface area (Å²) in [7, 11) is 0. The van der Waals surface area contributed by atoms with E-state index in [4.69, 9.17) is 0 Å². The maximum Gasteiger partial charge on any atom is -0.0320 e. The molecule has 0 radical (unpaired) electrons. The van der Waals surface area contributed by atoms with Crippen molar-refractivity contribution in [3.8, 4) is 0 Å². The average molecular weight is 252 g/mol. The van der Waals surface area contributed by atoms with Crippen molar-refractivity contribution in [2.75, 3.05) is 0 Å². The molecule has 0 saturated heterocycles. The summed E-state index contributed by atoms with van der Waals surface area (Å²) in [5, 5.41) is 0. The van der Waals surface area contributed by atoms with Crippen molar-refractivity contribution < 1.29 is 0 Å². The van der Waals surface area contributed by atoms with E-state index in [1.54, 1.807) is 0 Å². The fourth-order valence-corrected chi connectivity index (χ4v) is 3.18. The standard InChI is InChI=1S/C18H36/c1-7-11-13-16(9-3)17(10-4)14-18(12-8-2)15(5)6/h7,11,15-18H,8-10,12-14H2,1-6H3. The highest BCUT2D eigenvalue weighted by Gasteiger charge is 2.23. The quantitative estimate of drug-likeness (QED) is 0.391. The Morgan fingerprint density at radius 3 is 1.89 bits per heavy atom. The van der Waals surface area contributed by atoms with Crippen molar-refractivity contribution in [2.45, 2.75) is 80.1 Å². The number of hydrogen-bond acceptors (Lipinski definition) is 0. The number of allylic oxidation sites excluding steroid dienone is 2. The van der Waals surface area contributed by atoms with E-state index >= 15 is 0 Å². The van der Waals surface area contributed by atoms with Crippen molar-refractivity contribution in [3.63, 3.8) is 0 Å². The van der Waals surface area contributed by atoms with Crippen LogP contribution in [0.5, 0.6) is 0 Å². The molecule has 0 aromatic heterocycles. The van der Waals surface area contributed by atoms with E-state index in [2.05, 4.69) is 53.7 Å². The first-order valence-electron chi connectivity index (χ1n) is 8.21. The van der Waals surface area contributed by atoms with Crippen molar-refractivity contribution >= 4 is 0 Å². The summed E-state index contributed by atoms with van der Waals surface area (Å²) in [6.45, 7) is 14.0. The minimum absolute atomic E-state index is 0.846. The van der Waals surface area contributed by atoms with Gasteiger partial charge in [-0.05, 0) is 43.4 Å². The molecular formula is C18H36.